The van der Waals surface area contributed by atoms with Crippen LogP contribution in [0.2, 0.25) is 10.0 Å². The van der Waals surface area contributed by atoms with Crippen LogP contribution in [0.4, 0.5) is 16.4 Å². The summed E-state index contributed by atoms with van der Waals surface area (Å²) in [5.74, 6) is -0.0960. The first-order valence-corrected chi connectivity index (χ1v) is 10.7. The van der Waals surface area contributed by atoms with Crippen LogP contribution in [0.3, 0.4) is 0 Å². The molecule has 170 valence electrons. The summed E-state index contributed by atoms with van der Waals surface area (Å²) in [5, 5.41) is 6.56. The van der Waals surface area contributed by atoms with E-state index < -0.39 is 17.7 Å². The van der Waals surface area contributed by atoms with Gasteiger partial charge in [0, 0.05) is 6.54 Å². The Labute approximate surface area is 195 Å². The highest BCUT2D eigenvalue weighted by Gasteiger charge is 2.17. The molecule has 0 spiro atoms. The Morgan fingerprint density at radius 3 is 2.56 bits per heavy atom. The van der Waals surface area contributed by atoms with E-state index in [2.05, 4.69) is 20.6 Å². The normalized spacial score (nSPS) is 11.3. The number of esters is 1. The molecule has 1 amide bonds. The van der Waals surface area contributed by atoms with Crippen LogP contribution in [0.15, 0.2) is 30.3 Å². The van der Waals surface area contributed by atoms with Crippen LogP contribution >= 0.6 is 23.2 Å². The molecule has 0 atom stereocenters. The maximum absolute atomic E-state index is 12.1. The average molecular weight is 479 g/mol. The molecule has 0 unspecified atom stereocenters. The van der Waals surface area contributed by atoms with Crippen molar-refractivity contribution in [2.45, 2.75) is 39.8 Å². The Bertz CT molecular complexity index is 1150. The number of H-pyrrole nitrogens is 1. The monoisotopic (exact) mass is 478 g/mol. The minimum atomic E-state index is -0.575. The number of aromatic amines is 1. The number of alkyl carbamates (subject to hydrolysis) is 1. The molecule has 0 saturated heterocycles. The molecular weight excluding hydrogens is 455 g/mol. The Kier molecular flexibility index (Phi) is 7.16. The number of anilines is 2. The van der Waals surface area contributed by atoms with E-state index in [1.165, 1.54) is 0 Å². The van der Waals surface area contributed by atoms with E-state index in [-0.39, 0.29) is 23.7 Å². The molecule has 0 saturated carbocycles. The second-order valence-corrected chi connectivity index (χ2v) is 8.76. The number of imidazole rings is 1. The molecule has 3 rings (SSSR count). The smallest absolute Gasteiger partial charge is 0.407 e. The Morgan fingerprint density at radius 2 is 1.88 bits per heavy atom. The first-order chi connectivity index (χ1) is 15.1. The molecule has 1 aromatic heterocycles. The van der Waals surface area contributed by atoms with Crippen LogP contribution in [-0.2, 0) is 16.0 Å². The van der Waals surface area contributed by atoms with Crippen LogP contribution in [0.1, 0.15) is 43.6 Å². The fourth-order valence-corrected chi connectivity index (χ4v) is 3.25. The van der Waals surface area contributed by atoms with Crippen LogP contribution < -0.4 is 10.6 Å². The van der Waals surface area contributed by atoms with Crippen molar-refractivity contribution in [3.63, 3.8) is 0 Å². The van der Waals surface area contributed by atoms with Crippen molar-refractivity contribution in [3.8, 4) is 0 Å². The van der Waals surface area contributed by atoms with Gasteiger partial charge in [-0.05, 0) is 57.5 Å². The zero-order chi connectivity index (χ0) is 23.5. The molecule has 3 aromatic rings. The highest BCUT2D eigenvalue weighted by Crippen LogP contribution is 2.29. The zero-order valence-electron chi connectivity index (χ0n) is 18.1. The maximum Gasteiger partial charge on any atom is 0.407 e. The second kappa shape index (κ2) is 9.67. The van der Waals surface area contributed by atoms with Crippen molar-refractivity contribution in [1.82, 2.24) is 15.3 Å². The predicted molar refractivity (Wildman–Crippen MR) is 125 cm³/mol. The third kappa shape index (κ3) is 6.05. The van der Waals surface area contributed by atoms with Gasteiger partial charge in [0.15, 0.2) is 0 Å². The number of halogens is 2. The number of amides is 1. The second-order valence-electron chi connectivity index (χ2n) is 7.95. The molecule has 10 heteroatoms. The van der Waals surface area contributed by atoms with E-state index >= 15 is 0 Å². The first kappa shape index (κ1) is 23.7. The van der Waals surface area contributed by atoms with Crippen LogP contribution in [0, 0.1) is 0 Å². The number of hydrogen-bond acceptors (Lipinski definition) is 6. The number of aromatic nitrogens is 2. The van der Waals surface area contributed by atoms with Crippen molar-refractivity contribution in [1.29, 1.82) is 0 Å². The van der Waals surface area contributed by atoms with E-state index in [9.17, 15) is 9.59 Å². The summed E-state index contributed by atoms with van der Waals surface area (Å²) in [5.41, 5.74) is 2.25. The Hall–Kier alpha value is -2.97. The maximum atomic E-state index is 12.1. The first-order valence-electron chi connectivity index (χ1n) is 9.94. The Morgan fingerprint density at radius 1 is 1.12 bits per heavy atom. The summed E-state index contributed by atoms with van der Waals surface area (Å²) >= 11 is 12.5. The molecule has 2 aromatic carbocycles. The number of nitrogens with one attached hydrogen (secondary N) is 3. The van der Waals surface area contributed by atoms with Gasteiger partial charge in [-0.25, -0.2) is 14.6 Å². The molecule has 0 aliphatic heterocycles. The fraction of sp³-hybridized carbons (Fsp3) is 0.318. The van der Waals surface area contributed by atoms with E-state index in [0.717, 1.165) is 5.56 Å². The summed E-state index contributed by atoms with van der Waals surface area (Å²) in [7, 11) is 0. The summed E-state index contributed by atoms with van der Waals surface area (Å²) < 4.78 is 10.3. The predicted octanol–water partition coefficient (Wildman–Crippen LogP) is 5.81. The number of rotatable bonds is 6. The molecule has 8 nitrogen and oxygen atoms in total. The quantitative estimate of drug-likeness (QED) is 0.385. The average Bonchev–Trinajstić information content (AvgIpc) is 3.07. The van der Waals surface area contributed by atoms with E-state index in [4.69, 9.17) is 32.7 Å². The summed E-state index contributed by atoms with van der Waals surface area (Å²) in [4.78, 5) is 31.5. The number of ether oxygens (including phenoxy) is 2. The summed E-state index contributed by atoms with van der Waals surface area (Å²) in [6.07, 6.45) is -0.506. The third-order valence-corrected chi connectivity index (χ3v) is 4.83. The van der Waals surface area contributed by atoms with Gasteiger partial charge in [0.25, 0.3) is 0 Å². The number of carbonyl (C=O) groups excluding carboxylic acids is 2. The van der Waals surface area contributed by atoms with Crippen molar-refractivity contribution in [2.24, 2.45) is 0 Å². The highest BCUT2D eigenvalue weighted by atomic mass is 35.5. The number of benzene rings is 2. The SMILES string of the molecule is CCOC(=O)c1cc2nc(Nc3cc(CNC(=O)OC(C)(C)C)ccc3Cl)[nH]c2cc1Cl. The number of hydrogen-bond donors (Lipinski definition) is 3. The topological polar surface area (TPSA) is 105 Å². The van der Waals surface area contributed by atoms with Crippen LogP contribution in [0.25, 0.3) is 11.0 Å². The minimum Gasteiger partial charge on any atom is -0.462 e. The van der Waals surface area contributed by atoms with E-state index in [1.807, 2.05) is 0 Å². The number of carbonyl (C=O) groups is 2. The van der Waals surface area contributed by atoms with Crippen LogP contribution in [0.5, 0.6) is 0 Å². The molecule has 0 radical (unpaired) electrons. The van der Waals surface area contributed by atoms with Gasteiger partial charge in [0.1, 0.15) is 5.60 Å². The fourth-order valence-electron chi connectivity index (χ4n) is 2.85. The Balaban J connectivity index is 1.77. The zero-order valence-corrected chi connectivity index (χ0v) is 19.6. The van der Waals surface area contributed by atoms with Crippen molar-refractivity contribution in [3.05, 3.63) is 51.5 Å². The molecular formula is C22H24Cl2N4O4. The largest absolute Gasteiger partial charge is 0.462 e. The lowest BCUT2D eigenvalue weighted by Gasteiger charge is -2.19. The lowest BCUT2D eigenvalue weighted by Crippen LogP contribution is -2.32. The van der Waals surface area contributed by atoms with Crippen molar-refractivity contribution >= 4 is 57.9 Å². The minimum absolute atomic E-state index is 0.243. The van der Waals surface area contributed by atoms with Crippen LogP contribution in [-0.4, -0.2) is 34.2 Å². The van der Waals surface area contributed by atoms with Gasteiger partial charge in [-0.1, -0.05) is 29.3 Å². The standard InChI is InChI=1S/C22H24Cl2N4O4/c1-5-31-19(29)13-9-17-18(10-15(13)24)28-20(27-17)26-16-8-12(6-7-14(16)23)11-25-21(30)32-22(2,3)4/h6-10H,5,11H2,1-4H3,(H,25,30)(H2,26,27,28). The van der Waals surface area contributed by atoms with Gasteiger partial charge >= 0.3 is 12.1 Å². The van der Waals surface area contributed by atoms with E-state index in [1.54, 1.807) is 58.0 Å². The molecule has 0 bridgehead atoms. The molecule has 32 heavy (non-hydrogen) atoms. The lowest BCUT2D eigenvalue weighted by atomic mass is 10.2. The van der Waals surface area contributed by atoms with E-state index in [0.29, 0.717) is 27.7 Å². The van der Waals surface area contributed by atoms with Gasteiger partial charge in [0.05, 0.1) is 38.9 Å². The molecule has 1 heterocycles. The van der Waals surface area contributed by atoms with Gasteiger partial charge in [-0.3, -0.25) is 0 Å². The van der Waals surface area contributed by atoms with Gasteiger partial charge < -0.3 is 25.1 Å². The van der Waals surface area contributed by atoms with Gasteiger partial charge in [0.2, 0.25) is 5.95 Å². The number of fused-ring (bicyclic) bond motifs is 1. The molecule has 3 N–H and O–H groups in total. The van der Waals surface area contributed by atoms with Gasteiger partial charge in [-0.15, -0.1) is 0 Å². The lowest BCUT2D eigenvalue weighted by molar-refractivity contribution is 0.0514. The highest BCUT2D eigenvalue weighted by molar-refractivity contribution is 6.34. The molecule has 0 aliphatic carbocycles. The van der Waals surface area contributed by atoms with Crippen molar-refractivity contribution in [2.75, 3.05) is 11.9 Å². The summed E-state index contributed by atoms with van der Waals surface area (Å²) in [6.45, 7) is 7.63. The van der Waals surface area contributed by atoms with Gasteiger partial charge in [-0.2, -0.15) is 0 Å². The third-order valence-electron chi connectivity index (χ3n) is 4.19. The molecule has 0 fully saturated rings. The summed E-state index contributed by atoms with van der Waals surface area (Å²) in [6, 6.07) is 8.50. The molecule has 0 aliphatic rings. The van der Waals surface area contributed by atoms with Crippen molar-refractivity contribution < 1.29 is 19.1 Å². The number of nitrogens with zero attached hydrogens (tertiary/aromatic N) is 1.